The Morgan fingerprint density at radius 2 is 2.10 bits per heavy atom. The lowest BCUT2D eigenvalue weighted by Crippen LogP contribution is -2.34. The first kappa shape index (κ1) is 14.3. The van der Waals surface area contributed by atoms with Gasteiger partial charge in [-0.3, -0.25) is 4.90 Å². The number of rotatable bonds is 3. The zero-order valence-electron chi connectivity index (χ0n) is 12.0. The van der Waals surface area contributed by atoms with Crippen molar-refractivity contribution in [1.82, 2.24) is 10.0 Å². The maximum atomic E-state index is 12.1. The van der Waals surface area contributed by atoms with E-state index in [0.29, 0.717) is 18.9 Å². The second-order valence-corrected chi connectivity index (χ2v) is 5.92. The highest BCUT2D eigenvalue weighted by atomic mass is 16.7. The van der Waals surface area contributed by atoms with Gasteiger partial charge < -0.3 is 4.84 Å². The molecule has 0 spiro atoms. The molecule has 0 N–H and O–H groups in total. The summed E-state index contributed by atoms with van der Waals surface area (Å²) in [7, 11) is 0. The maximum absolute atomic E-state index is 12.1. The third-order valence-electron chi connectivity index (χ3n) is 2.78. The summed E-state index contributed by atoms with van der Waals surface area (Å²) in [6.07, 6.45) is 1.89. The summed E-state index contributed by atoms with van der Waals surface area (Å²) in [6.45, 7) is 6.64. The predicted molar refractivity (Wildman–Crippen MR) is 73.8 cm³/mol. The lowest BCUT2D eigenvalue weighted by molar-refractivity contribution is -0.175. The van der Waals surface area contributed by atoms with Crippen LogP contribution in [0.2, 0.25) is 0 Å². The minimum absolute atomic E-state index is 0.166. The summed E-state index contributed by atoms with van der Waals surface area (Å²) in [4.78, 5) is 34.6. The molecule has 0 bridgehead atoms. The van der Waals surface area contributed by atoms with Gasteiger partial charge in [0.1, 0.15) is 5.82 Å². The van der Waals surface area contributed by atoms with Gasteiger partial charge in [-0.2, -0.15) is 5.06 Å². The topological polar surface area (TPSA) is 62.7 Å². The van der Waals surface area contributed by atoms with Gasteiger partial charge in [0.25, 0.3) is 0 Å². The Kier molecular flexibility index (Phi) is 3.92. The summed E-state index contributed by atoms with van der Waals surface area (Å²) < 4.78 is 0. The predicted octanol–water partition coefficient (Wildman–Crippen LogP) is 2.22. The summed E-state index contributed by atoms with van der Waals surface area (Å²) >= 11 is 0. The van der Waals surface area contributed by atoms with E-state index in [0.717, 1.165) is 5.06 Å². The van der Waals surface area contributed by atoms with Gasteiger partial charge in [0.05, 0.1) is 19.5 Å². The molecule has 20 heavy (non-hydrogen) atoms. The van der Waals surface area contributed by atoms with Crippen molar-refractivity contribution in [2.75, 3.05) is 18.0 Å². The van der Waals surface area contributed by atoms with Crippen LogP contribution in [0.5, 0.6) is 0 Å². The van der Waals surface area contributed by atoms with Crippen molar-refractivity contribution in [3.63, 3.8) is 0 Å². The average molecular weight is 277 g/mol. The molecule has 2 amide bonds. The van der Waals surface area contributed by atoms with Gasteiger partial charge in [-0.25, -0.2) is 14.6 Å². The Morgan fingerprint density at radius 1 is 1.35 bits per heavy atom. The van der Waals surface area contributed by atoms with Crippen LogP contribution in [0.25, 0.3) is 0 Å². The minimum atomic E-state index is -0.395. The van der Waals surface area contributed by atoms with Crippen LogP contribution in [0.3, 0.4) is 0 Å². The lowest BCUT2D eigenvalue weighted by atomic mass is 9.93. The van der Waals surface area contributed by atoms with E-state index in [1.54, 1.807) is 18.3 Å². The fourth-order valence-corrected chi connectivity index (χ4v) is 1.92. The fourth-order valence-electron chi connectivity index (χ4n) is 1.92. The molecular formula is C14H19N3O3. The molecule has 0 unspecified atom stereocenters. The molecule has 0 atom stereocenters. The average Bonchev–Trinajstić information content (AvgIpc) is 2.70. The Bertz CT molecular complexity index is 496. The van der Waals surface area contributed by atoms with E-state index >= 15 is 0 Å². The largest absolute Gasteiger partial charge is 0.359 e. The quantitative estimate of drug-likeness (QED) is 0.850. The van der Waals surface area contributed by atoms with Crippen LogP contribution in [0.1, 0.15) is 27.2 Å². The van der Waals surface area contributed by atoms with E-state index in [2.05, 4.69) is 4.98 Å². The molecule has 108 valence electrons. The van der Waals surface area contributed by atoms with Gasteiger partial charge in [0.15, 0.2) is 0 Å². The lowest BCUT2D eigenvalue weighted by Gasteiger charge is -2.20. The second kappa shape index (κ2) is 5.48. The second-order valence-electron chi connectivity index (χ2n) is 5.92. The number of amides is 2. The molecule has 0 radical (unpaired) electrons. The van der Waals surface area contributed by atoms with E-state index in [1.807, 2.05) is 26.8 Å². The number of urea groups is 1. The van der Waals surface area contributed by atoms with Crippen LogP contribution in [-0.2, 0) is 9.63 Å². The molecule has 0 saturated carbocycles. The molecule has 2 rings (SSSR count). The van der Waals surface area contributed by atoms with Gasteiger partial charge >= 0.3 is 12.0 Å². The fraction of sp³-hybridized carbons (Fsp3) is 0.500. The van der Waals surface area contributed by atoms with Crippen molar-refractivity contribution in [1.29, 1.82) is 0 Å². The summed E-state index contributed by atoms with van der Waals surface area (Å²) in [5, 5.41) is 1.10. The molecule has 1 aliphatic rings. The van der Waals surface area contributed by atoms with Crippen LogP contribution in [0.4, 0.5) is 10.6 Å². The van der Waals surface area contributed by atoms with Gasteiger partial charge in [-0.15, -0.1) is 0 Å². The molecule has 1 aromatic rings. The molecular weight excluding hydrogens is 258 g/mol. The highest BCUT2D eigenvalue weighted by molar-refractivity contribution is 5.93. The first-order valence-electron chi connectivity index (χ1n) is 6.58. The van der Waals surface area contributed by atoms with E-state index in [-0.39, 0.29) is 17.9 Å². The van der Waals surface area contributed by atoms with E-state index < -0.39 is 5.97 Å². The first-order valence-corrected chi connectivity index (χ1v) is 6.58. The number of anilines is 1. The number of nitrogens with zero attached hydrogens (tertiary/aromatic N) is 3. The van der Waals surface area contributed by atoms with Crippen molar-refractivity contribution in [3.8, 4) is 0 Å². The number of pyridine rings is 1. The van der Waals surface area contributed by atoms with Crippen molar-refractivity contribution in [2.24, 2.45) is 5.41 Å². The number of hydrogen-bond donors (Lipinski definition) is 0. The number of aromatic nitrogens is 1. The third kappa shape index (κ3) is 3.46. The number of carbonyl (C=O) groups excluding carboxylic acids is 2. The monoisotopic (exact) mass is 277 g/mol. The summed E-state index contributed by atoms with van der Waals surface area (Å²) in [5.41, 5.74) is -0.166. The minimum Gasteiger partial charge on any atom is -0.337 e. The van der Waals surface area contributed by atoms with E-state index in [4.69, 9.17) is 4.84 Å². The number of hydroxylamine groups is 2. The standard InChI is InChI=1S/C14H19N3O3/c1-14(2,3)10-12(18)20-17-9-8-16(13(17)19)11-6-4-5-7-15-11/h4-7H,8-10H2,1-3H3. The van der Waals surface area contributed by atoms with Crippen LogP contribution in [-0.4, -0.2) is 35.1 Å². The van der Waals surface area contributed by atoms with Crippen LogP contribution < -0.4 is 4.90 Å². The Balaban J connectivity index is 1.97. The molecule has 0 aliphatic carbocycles. The van der Waals surface area contributed by atoms with Gasteiger partial charge in [-0.1, -0.05) is 26.8 Å². The SMILES string of the molecule is CC(C)(C)CC(=O)ON1CCN(c2ccccn2)C1=O. The van der Waals surface area contributed by atoms with Crippen LogP contribution in [0, 0.1) is 5.41 Å². The van der Waals surface area contributed by atoms with Crippen molar-refractivity contribution >= 4 is 17.8 Å². The van der Waals surface area contributed by atoms with E-state index in [1.165, 1.54) is 4.90 Å². The van der Waals surface area contributed by atoms with Crippen molar-refractivity contribution < 1.29 is 14.4 Å². The Labute approximate surface area is 118 Å². The smallest absolute Gasteiger partial charge is 0.337 e. The molecule has 1 aliphatic heterocycles. The molecule has 1 fully saturated rings. The van der Waals surface area contributed by atoms with Gasteiger partial charge in [-0.05, 0) is 17.5 Å². The molecule has 6 heteroatoms. The zero-order chi connectivity index (χ0) is 14.8. The van der Waals surface area contributed by atoms with Gasteiger partial charge in [0, 0.05) is 6.20 Å². The maximum Gasteiger partial charge on any atom is 0.359 e. The van der Waals surface area contributed by atoms with Crippen molar-refractivity contribution in [3.05, 3.63) is 24.4 Å². The van der Waals surface area contributed by atoms with E-state index in [9.17, 15) is 9.59 Å². The molecule has 1 aromatic heterocycles. The third-order valence-corrected chi connectivity index (χ3v) is 2.78. The number of hydrogen-bond acceptors (Lipinski definition) is 4. The molecule has 1 saturated heterocycles. The zero-order valence-corrected chi connectivity index (χ0v) is 12.0. The summed E-state index contributed by atoms with van der Waals surface area (Å²) in [6, 6.07) is 4.99. The van der Waals surface area contributed by atoms with Crippen LogP contribution >= 0.6 is 0 Å². The molecule has 6 nitrogen and oxygen atoms in total. The number of carbonyl (C=O) groups is 2. The van der Waals surface area contributed by atoms with Gasteiger partial charge in [0.2, 0.25) is 0 Å². The van der Waals surface area contributed by atoms with Crippen molar-refractivity contribution in [2.45, 2.75) is 27.2 Å². The highest BCUT2D eigenvalue weighted by Crippen LogP contribution is 2.21. The Morgan fingerprint density at radius 3 is 2.70 bits per heavy atom. The summed E-state index contributed by atoms with van der Waals surface area (Å²) in [5.74, 6) is 0.167. The highest BCUT2D eigenvalue weighted by Gasteiger charge is 2.33. The normalized spacial score (nSPS) is 15.7. The molecule has 2 heterocycles. The van der Waals surface area contributed by atoms with Crippen LogP contribution in [0.15, 0.2) is 24.4 Å². The first-order chi connectivity index (χ1) is 9.37. The Hall–Kier alpha value is -2.11. The molecule has 0 aromatic carbocycles.